The van der Waals surface area contributed by atoms with E-state index in [1.165, 1.54) is 21.3 Å². The minimum Gasteiger partial charge on any atom is -0.493 e. The lowest BCUT2D eigenvalue weighted by atomic mass is 9.99. The third-order valence-electron chi connectivity index (χ3n) is 5.11. The number of carbonyl (C=O) groups excluding carboxylic acids is 1. The van der Waals surface area contributed by atoms with E-state index in [1.807, 2.05) is 12.1 Å². The second-order valence-electron chi connectivity index (χ2n) is 6.60. The molecule has 0 spiro atoms. The molecule has 0 aromatic heterocycles. The smallest absolute Gasteiger partial charge is 0.269 e. The predicted molar refractivity (Wildman–Crippen MR) is 101 cm³/mol. The molecule has 0 bridgehead atoms. The highest BCUT2D eigenvalue weighted by molar-refractivity contribution is 6.15. The number of nitrogens with zero attached hydrogens (tertiary/aromatic N) is 1. The summed E-state index contributed by atoms with van der Waals surface area (Å²) in [7, 11) is 4.52. The summed E-state index contributed by atoms with van der Waals surface area (Å²) in [5, 5.41) is 15.7. The lowest BCUT2D eigenvalue weighted by Crippen LogP contribution is -2.41. The van der Waals surface area contributed by atoms with Gasteiger partial charge in [-0.05, 0) is 12.1 Å². The molecule has 0 saturated heterocycles. The van der Waals surface area contributed by atoms with Gasteiger partial charge in [0.2, 0.25) is 5.75 Å². The standard InChI is InChI=1S/C20H20N2O6/c1-25-15-8-11(9-16(26-2)18(15)27-3)21-19(23)20-10-13(20)17(22-24)12-6-4-5-7-14(12)28-20/h4-9,13,24H,10H2,1-3H3,(H,21,23). The molecule has 8 heteroatoms. The molecule has 1 aliphatic heterocycles. The van der Waals surface area contributed by atoms with Gasteiger partial charge in [-0.3, -0.25) is 4.79 Å². The number of hydrogen-bond acceptors (Lipinski definition) is 7. The Morgan fingerprint density at radius 1 is 1.18 bits per heavy atom. The van der Waals surface area contributed by atoms with E-state index >= 15 is 0 Å². The molecule has 1 heterocycles. The van der Waals surface area contributed by atoms with Gasteiger partial charge in [-0.2, -0.15) is 0 Å². The fourth-order valence-electron chi connectivity index (χ4n) is 3.64. The van der Waals surface area contributed by atoms with Crippen LogP contribution in [0.4, 0.5) is 5.69 Å². The second kappa shape index (κ2) is 6.63. The van der Waals surface area contributed by atoms with Crippen LogP contribution in [-0.2, 0) is 4.79 Å². The zero-order valence-corrected chi connectivity index (χ0v) is 15.7. The van der Waals surface area contributed by atoms with Crippen LogP contribution < -0.4 is 24.3 Å². The van der Waals surface area contributed by atoms with E-state index in [-0.39, 0.29) is 11.8 Å². The van der Waals surface area contributed by atoms with Gasteiger partial charge in [0, 0.05) is 29.8 Å². The Morgan fingerprint density at radius 3 is 2.46 bits per heavy atom. The molecule has 2 atom stereocenters. The van der Waals surface area contributed by atoms with Crippen molar-refractivity contribution in [2.24, 2.45) is 11.1 Å². The first-order valence-electron chi connectivity index (χ1n) is 8.69. The van der Waals surface area contributed by atoms with E-state index in [4.69, 9.17) is 18.9 Å². The number of anilines is 1. The zero-order valence-electron chi connectivity index (χ0n) is 15.7. The van der Waals surface area contributed by atoms with Crippen LogP contribution in [0.1, 0.15) is 12.0 Å². The number of rotatable bonds is 5. The van der Waals surface area contributed by atoms with Crippen molar-refractivity contribution in [3.8, 4) is 23.0 Å². The minimum atomic E-state index is -1.10. The third kappa shape index (κ3) is 2.60. The first-order valence-corrected chi connectivity index (χ1v) is 8.69. The van der Waals surface area contributed by atoms with Gasteiger partial charge in [0.15, 0.2) is 17.1 Å². The van der Waals surface area contributed by atoms with Crippen LogP contribution in [0.15, 0.2) is 41.6 Å². The number of fused-ring (bicyclic) bond motifs is 2. The van der Waals surface area contributed by atoms with Crippen LogP contribution in [0.25, 0.3) is 0 Å². The van der Waals surface area contributed by atoms with Crippen LogP contribution in [0, 0.1) is 5.92 Å². The number of nitrogens with one attached hydrogen (secondary N) is 1. The first-order chi connectivity index (χ1) is 13.6. The molecule has 2 unspecified atom stereocenters. The van der Waals surface area contributed by atoms with E-state index in [1.54, 1.807) is 24.3 Å². The second-order valence-corrected chi connectivity index (χ2v) is 6.60. The molecule has 2 aromatic carbocycles. The molecule has 0 radical (unpaired) electrons. The number of carbonyl (C=O) groups is 1. The van der Waals surface area contributed by atoms with Crippen molar-refractivity contribution < 1.29 is 28.9 Å². The highest BCUT2D eigenvalue weighted by Crippen LogP contribution is 2.54. The molecule has 146 valence electrons. The summed E-state index contributed by atoms with van der Waals surface area (Å²) in [6, 6.07) is 10.5. The molecule has 1 fully saturated rings. The van der Waals surface area contributed by atoms with Crippen LogP contribution >= 0.6 is 0 Å². The molecule has 8 nitrogen and oxygen atoms in total. The van der Waals surface area contributed by atoms with E-state index < -0.39 is 5.60 Å². The predicted octanol–water partition coefficient (Wildman–Crippen LogP) is 2.68. The highest BCUT2D eigenvalue weighted by Gasteiger charge is 2.68. The first kappa shape index (κ1) is 18.0. The number of ether oxygens (including phenoxy) is 4. The fraction of sp³-hybridized carbons (Fsp3) is 0.300. The normalized spacial score (nSPS) is 23.1. The Balaban J connectivity index is 1.64. The highest BCUT2D eigenvalue weighted by atomic mass is 16.5. The largest absolute Gasteiger partial charge is 0.493 e. The number of para-hydroxylation sites is 1. The molecule has 1 saturated carbocycles. The third-order valence-corrected chi connectivity index (χ3v) is 5.11. The summed E-state index contributed by atoms with van der Waals surface area (Å²) in [6.45, 7) is 0. The summed E-state index contributed by atoms with van der Waals surface area (Å²) >= 11 is 0. The van der Waals surface area contributed by atoms with E-state index in [2.05, 4.69) is 10.5 Å². The molecule has 2 N–H and O–H groups in total. The Hall–Kier alpha value is -3.42. The summed E-state index contributed by atoms with van der Waals surface area (Å²) in [5.74, 6) is 1.16. The topological polar surface area (TPSA) is 98.6 Å². The molecular formula is C20H20N2O6. The maximum Gasteiger partial charge on any atom is 0.269 e. The number of methoxy groups -OCH3 is 3. The Morgan fingerprint density at radius 2 is 1.86 bits per heavy atom. The summed E-state index contributed by atoms with van der Waals surface area (Å²) < 4.78 is 22.0. The Bertz CT molecular complexity index is 948. The molecule has 4 rings (SSSR count). The molecule has 28 heavy (non-hydrogen) atoms. The van der Waals surface area contributed by atoms with Crippen LogP contribution in [0.3, 0.4) is 0 Å². The maximum atomic E-state index is 13.1. The van der Waals surface area contributed by atoms with Crippen molar-refractivity contribution in [2.75, 3.05) is 26.6 Å². The number of hydrogen-bond donors (Lipinski definition) is 2. The Kier molecular flexibility index (Phi) is 4.26. The fourth-order valence-corrected chi connectivity index (χ4v) is 3.64. The number of amides is 1. The van der Waals surface area contributed by atoms with Crippen LogP contribution in [0.2, 0.25) is 0 Å². The molecule has 2 aliphatic rings. The van der Waals surface area contributed by atoms with Gasteiger partial charge < -0.3 is 29.5 Å². The Labute approximate surface area is 161 Å². The van der Waals surface area contributed by atoms with Crippen LogP contribution in [0.5, 0.6) is 23.0 Å². The SMILES string of the molecule is COc1cc(NC(=O)C23CC2C(=NO)c2ccccc2O3)cc(OC)c1OC. The van der Waals surface area contributed by atoms with Gasteiger partial charge in [-0.15, -0.1) is 0 Å². The van der Waals surface area contributed by atoms with Crippen LogP contribution in [-0.4, -0.2) is 43.8 Å². The van der Waals surface area contributed by atoms with Crippen molar-refractivity contribution in [3.05, 3.63) is 42.0 Å². The quantitative estimate of drug-likeness (QED) is 0.608. The van der Waals surface area contributed by atoms with E-state index in [0.29, 0.717) is 46.4 Å². The van der Waals surface area contributed by atoms with E-state index in [9.17, 15) is 10.0 Å². The monoisotopic (exact) mass is 384 g/mol. The average molecular weight is 384 g/mol. The molecule has 1 aliphatic carbocycles. The maximum absolute atomic E-state index is 13.1. The molecular weight excluding hydrogens is 364 g/mol. The number of benzene rings is 2. The van der Waals surface area contributed by atoms with Crippen molar-refractivity contribution in [2.45, 2.75) is 12.0 Å². The van der Waals surface area contributed by atoms with Gasteiger partial charge in [0.1, 0.15) is 5.75 Å². The van der Waals surface area contributed by atoms with Gasteiger partial charge in [0.05, 0.1) is 33.0 Å². The average Bonchev–Trinajstić information content (AvgIpc) is 3.46. The van der Waals surface area contributed by atoms with Crippen molar-refractivity contribution in [3.63, 3.8) is 0 Å². The van der Waals surface area contributed by atoms with Gasteiger partial charge >= 0.3 is 0 Å². The summed E-state index contributed by atoms with van der Waals surface area (Å²) in [6.07, 6.45) is 0.428. The summed E-state index contributed by atoms with van der Waals surface area (Å²) in [4.78, 5) is 13.1. The van der Waals surface area contributed by atoms with E-state index in [0.717, 1.165) is 0 Å². The van der Waals surface area contributed by atoms with Crippen molar-refractivity contribution >= 4 is 17.3 Å². The van der Waals surface area contributed by atoms with Crippen molar-refractivity contribution in [1.29, 1.82) is 0 Å². The molecule has 1 amide bonds. The van der Waals surface area contributed by atoms with Gasteiger partial charge in [-0.1, -0.05) is 17.3 Å². The lowest BCUT2D eigenvalue weighted by Gasteiger charge is -2.26. The lowest BCUT2D eigenvalue weighted by molar-refractivity contribution is -0.125. The summed E-state index contributed by atoms with van der Waals surface area (Å²) in [5.41, 5.74) is 0.533. The van der Waals surface area contributed by atoms with Gasteiger partial charge in [0.25, 0.3) is 5.91 Å². The number of oxime groups is 1. The van der Waals surface area contributed by atoms with Crippen molar-refractivity contribution in [1.82, 2.24) is 0 Å². The van der Waals surface area contributed by atoms with Gasteiger partial charge in [-0.25, -0.2) is 0 Å². The molecule has 2 aromatic rings. The zero-order chi connectivity index (χ0) is 19.9. The minimum absolute atomic E-state index is 0.311.